The first-order valence-corrected chi connectivity index (χ1v) is 5.98. The molecule has 0 spiro atoms. The summed E-state index contributed by atoms with van der Waals surface area (Å²) in [5, 5.41) is 9.69. The number of anilines is 1. The number of aromatic nitrogens is 4. The fourth-order valence-electron chi connectivity index (χ4n) is 2.28. The minimum Gasteiger partial charge on any atom is -0.376 e. The van der Waals surface area contributed by atoms with E-state index in [0.717, 1.165) is 18.8 Å². The van der Waals surface area contributed by atoms with Crippen molar-refractivity contribution < 1.29 is 4.74 Å². The smallest absolute Gasteiger partial charge is 0.349 e. The van der Waals surface area contributed by atoms with E-state index < -0.39 is 0 Å². The van der Waals surface area contributed by atoms with E-state index in [1.165, 1.54) is 4.40 Å². The molecule has 3 heterocycles. The molecule has 96 valence electrons. The van der Waals surface area contributed by atoms with Crippen molar-refractivity contribution in [2.75, 3.05) is 11.9 Å². The number of rotatable bonds is 2. The Morgan fingerprint density at radius 2 is 2.44 bits per heavy atom. The summed E-state index contributed by atoms with van der Waals surface area (Å²) < 4.78 is 6.94. The number of aromatic amines is 1. The third-order valence-electron chi connectivity index (χ3n) is 3.28. The molecule has 1 aliphatic rings. The molecular weight excluding hydrogens is 234 g/mol. The van der Waals surface area contributed by atoms with E-state index in [2.05, 4.69) is 20.5 Å². The van der Waals surface area contributed by atoms with Crippen LogP contribution < -0.4 is 11.0 Å². The number of nitrogens with one attached hydrogen (secondary N) is 2. The fourth-order valence-corrected chi connectivity index (χ4v) is 2.28. The second kappa shape index (κ2) is 4.09. The highest BCUT2D eigenvalue weighted by molar-refractivity contribution is 5.50. The Bertz CT molecular complexity index is 632. The Hall–Kier alpha value is -1.89. The number of hydrogen-bond donors (Lipinski definition) is 2. The van der Waals surface area contributed by atoms with Gasteiger partial charge in [-0.15, -0.1) is 0 Å². The maximum absolute atomic E-state index is 11.5. The Labute approximate surface area is 103 Å². The topological polar surface area (TPSA) is 84.3 Å². The summed E-state index contributed by atoms with van der Waals surface area (Å²) in [6.45, 7) is 4.58. The minimum atomic E-state index is -0.265. The highest BCUT2D eigenvalue weighted by Gasteiger charge is 2.24. The molecule has 2 N–H and O–H groups in total. The molecule has 0 bridgehead atoms. The Morgan fingerprint density at radius 3 is 3.17 bits per heavy atom. The zero-order valence-corrected chi connectivity index (χ0v) is 10.3. The number of nitrogens with zero attached hydrogens (tertiary/aromatic N) is 3. The second-order valence-corrected chi connectivity index (χ2v) is 4.53. The molecule has 0 aromatic carbocycles. The van der Waals surface area contributed by atoms with Crippen LogP contribution in [0.15, 0.2) is 10.9 Å². The molecule has 0 aliphatic carbocycles. The van der Waals surface area contributed by atoms with Crippen LogP contribution in [0.3, 0.4) is 0 Å². The van der Waals surface area contributed by atoms with Gasteiger partial charge in [0.25, 0.3) is 0 Å². The molecule has 0 saturated carbocycles. The summed E-state index contributed by atoms with van der Waals surface area (Å²) in [4.78, 5) is 15.8. The first-order chi connectivity index (χ1) is 8.65. The van der Waals surface area contributed by atoms with E-state index >= 15 is 0 Å². The lowest BCUT2D eigenvalue weighted by Gasteiger charge is -2.16. The van der Waals surface area contributed by atoms with E-state index in [4.69, 9.17) is 4.74 Å². The zero-order chi connectivity index (χ0) is 12.7. The van der Waals surface area contributed by atoms with Crippen molar-refractivity contribution in [1.82, 2.24) is 19.6 Å². The lowest BCUT2D eigenvalue weighted by atomic mass is 10.1. The fraction of sp³-hybridized carbons (Fsp3) is 0.545. The van der Waals surface area contributed by atoms with Crippen LogP contribution in [0.4, 0.5) is 5.82 Å². The third-order valence-corrected chi connectivity index (χ3v) is 3.28. The zero-order valence-electron chi connectivity index (χ0n) is 10.3. The van der Waals surface area contributed by atoms with E-state index in [0.29, 0.717) is 11.5 Å². The van der Waals surface area contributed by atoms with Crippen molar-refractivity contribution in [3.63, 3.8) is 0 Å². The maximum atomic E-state index is 11.5. The van der Waals surface area contributed by atoms with Crippen LogP contribution in [0.1, 0.15) is 19.2 Å². The summed E-state index contributed by atoms with van der Waals surface area (Å²) in [5.41, 5.74) is 0.306. The van der Waals surface area contributed by atoms with Crippen LogP contribution in [0.25, 0.3) is 5.65 Å². The largest absolute Gasteiger partial charge is 0.376 e. The maximum Gasteiger partial charge on any atom is 0.349 e. The Balaban J connectivity index is 1.95. The van der Waals surface area contributed by atoms with Crippen LogP contribution >= 0.6 is 0 Å². The minimum absolute atomic E-state index is 0.171. The third kappa shape index (κ3) is 1.76. The summed E-state index contributed by atoms with van der Waals surface area (Å²) >= 11 is 0. The molecule has 1 aliphatic heterocycles. The standard InChI is InChI=1S/C11H15N5O2/c1-6-8(3-4-18-6)13-9-5-10-14-15-11(17)16(10)7(2)12-9/h5-6,8,13H,3-4H2,1-2H3,(H,15,17). The molecule has 1 fully saturated rings. The summed E-state index contributed by atoms with van der Waals surface area (Å²) in [7, 11) is 0. The molecule has 0 radical (unpaired) electrons. The van der Waals surface area contributed by atoms with E-state index in [-0.39, 0.29) is 17.8 Å². The first-order valence-electron chi connectivity index (χ1n) is 5.98. The van der Waals surface area contributed by atoms with Gasteiger partial charge in [0.15, 0.2) is 5.65 Å². The van der Waals surface area contributed by atoms with Crippen LogP contribution in [0.2, 0.25) is 0 Å². The number of ether oxygens (including phenoxy) is 1. The quantitative estimate of drug-likeness (QED) is 0.800. The van der Waals surface area contributed by atoms with Crippen molar-refractivity contribution in [1.29, 1.82) is 0 Å². The van der Waals surface area contributed by atoms with Crippen LogP contribution in [-0.2, 0) is 4.74 Å². The van der Waals surface area contributed by atoms with Gasteiger partial charge in [0.05, 0.1) is 12.1 Å². The van der Waals surface area contributed by atoms with Crippen LogP contribution in [-0.4, -0.2) is 38.3 Å². The lowest BCUT2D eigenvalue weighted by molar-refractivity contribution is 0.121. The van der Waals surface area contributed by atoms with Gasteiger partial charge in [-0.05, 0) is 20.3 Å². The molecule has 2 aromatic heterocycles. The summed E-state index contributed by atoms with van der Waals surface area (Å²) in [6.07, 6.45) is 1.13. The first kappa shape index (κ1) is 11.2. The molecule has 7 nitrogen and oxygen atoms in total. The predicted octanol–water partition coefficient (Wildman–Crippen LogP) is 0.315. The van der Waals surface area contributed by atoms with Crippen molar-refractivity contribution in [2.45, 2.75) is 32.4 Å². The Kier molecular flexibility index (Phi) is 2.55. The van der Waals surface area contributed by atoms with Gasteiger partial charge in [0.1, 0.15) is 11.6 Å². The molecule has 2 atom stereocenters. The molecule has 1 saturated heterocycles. The highest BCUT2D eigenvalue weighted by atomic mass is 16.5. The second-order valence-electron chi connectivity index (χ2n) is 4.53. The van der Waals surface area contributed by atoms with Gasteiger partial charge < -0.3 is 10.1 Å². The normalized spacial score (nSPS) is 23.7. The van der Waals surface area contributed by atoms with Gasteiger partial charge in [-0.2, -0.15) is 5.10 Å². The van der Waals surface area contributed by atoms with E-state index in [1.54, 1.807) is 13.0 Å². The molecule has 3 rings (SSSR count). The average molecular weight is 249 g/mol. The summed E-state index contributed by atoms with van der Waals surface area (Å²) in [5.74, 6) is 1.33. The predicted molar refractivity (Wildman–Crippen MR) is 65.8 cm³/mol. The van der Waals surface area contributed by atoms with Gasteiger partial charge >= 0.3 is 5.69 Å². The molecule has 2 unspecified atom stereocenters. The van der Waals surface area contributed by atoms with Gasteiger partial charge in [-0.3, -0.25) is 0 Å². The highest BCUT2D eigenvalue weighted by Crippen LogP contribution is 2.18. The van der Waals surface area contributed by atoms with Crippen LogP contribution in [0, 0.1) is 6.92 Å². The molecule has 2 aromatic rings. The van der Waals surface area contributed by atoms with Gasteiger partial charge in [-0.25, -0.2) is 19.3 Å². The summed E-state index contributed by atoms with van der Waals surface area (Å²) in [6, 6.07) is 2.01. The monoisotopic (exact) mass is 249 g/mol. The number of aryl methyl sites for hydroxylation is 1. The van der Waals surface area contributed by atoms with Crippen molar-refractivity contribution in [3.8, 4) is 0 Å². The van der Waals surface area contributed by atoms with E-state index in [9.17, 15) is 4.79 Å². The molecule has 7 heteroatoms. The van der Waals surface area contributed by atoms with Gasteiger partial charge in [-0.1, -0.05) is 0 Å². The van der Waals surface area contributed by atoms with Gasteiger partial charge in [0, 0.05) is 12.7 Å². The van der Waals surface area contributed by atoms with Crippen LogP contribution in [0.5, 0.6) is 0 Å². The van der Waals surface area contributed by atoms with Crippen molar-refractivity contribution in [2.24, 2.45) is 0 Å². The number of H-pyrrole nitrogens is 1. The molecule has 0 amide bonds. The SMILES string of the molecule is Cc1nc(NC2CCOC2C)cc2n[nH]c(=O)n12. The molecule has 18 heavy (non-hydrogen) atoms. The average Bonchev–Trinajstić information content (AvgIpc) is 2.87. The molecular formula is C11H15N5O2. The number of hydrogen-bond acceptors (Lipinski definition) is 5. The van der Waals surface area contributed by atoms with E-state index in [1.807, 2.05) is 6.92 Å². The van der Waals surface area contributed by atoms with Gasteiger partial charge in [0.2, 0.25) is 0 Å². The van der Waals surface area contributed by atoms with Crippen molar-refractivity contribution >= 4 is 11.5 Å². The number of fused-ring (bicyclic) bond motifs is 1. The Morgan fingerprint density at radius 1 is 1.61 bits per heavy atom. The lowest BCUT2D eigenvalue weighted by Crippen LogP contribution is -2.27. The van der Waals surface area contributed by atoms with Crippen molar-refractivity contribution in [3.05, 3.63) is 22.4 Å².